The number of para-hydroxylation sites is 1. The van der Waals surface area contributed by atoms with Gasteiger partial charge < -0.3 is 10.2 Å². The van der Waals surface area contributed by atoms with Crippen LogP contribution in [0.15, 0.2) is 24.3 Å². The minimum Gasteiger partial charge on any atom is -0.354 e. The molecule has 0 aliphatic heterocycles. The molecule has 0 spiro atoms. The number of anilines is 1. The number of nitrogens with zero attached hydrogens (tertiary/aromatic N) is 1. The van der Waals surface area contributed by atoms with E-state index >= 15 is 0 Å². The Labute approximate surface area is 112 Å². The summed E-state index contributed by atoms with van der Waals surface area (Å²) in [4.78, 5) is 24.3. The number of nitrogens with one attached hydrogen (secondary N) is 1. The van der Waals surface area contributed by atoms with Gasteiger partial charge in [-0.15, -0.1) is 0 Å². The lowest BCUT2D eigenvalue weighted by molar-refractivity contribution is -0.124. The third-order valence-electron chi connectivity index (χ3n) is 2.68. The molecule has 0 fully saturated rings. The highest BCUT2D eigenvalue weighted by Gasteiger charge is 2.15. The first-order valence-corrected chi connectivity index (χ1v) is 6.23. The number of carbonyl (C=O) groups excluding carboxylic acids is 2. The lowest BCUT2D eigenvalue weighted by atomic mass is 10.2. The molecule has 1 aromatic carbocycles. The molecule has 104 valence electrons. The summed E-state index contributed by atoms with van der Waals surface area (Å²) < 4.78 is 13.6. The quantitative estimate of drug-likeness (QED) is 0.885. The monoisotopic (exact) mass is 266 g/mol. The van der Waals surface area contributed by atoms with Crippen LogP contribution in [0.1, 0.15) is 20.8 Å². The lowest BCUT2D eigenvalue weighted by Crippen LogP contribution is -2.39. The van der Waals surface area contributed by atoms with Gasteiger partial charge >= 0.3 is 0 Å². The summed E-state index contributed by atoms with van der Waals surface area (Å²) >= 11 is 0. The van der Waals surface area contributed by atoms with E-state index in [2.05, 4.69) is 5.32 Å². The van der Waals surface area contributed by atoms with Crippen LogP contribution in [0.4, 0.5) is 10.1 Å². The smallest absolute Gasteiger partial charge is 0.224 e. The van der Waals surface area contributed by atoms with Crippen molar-refractivity contribution >= 4 is 17.5 Å². The fraction of sp³-hybridized carbons (Fsp3) is 0.429. The predicted octanol–water partition coefficient (Wildman–Crippen LogP) is 1.95. The van der Waals surface area contributed by atoms with Crippen LogP contribution in [0.3, 0.4) is 0 Å². The van der Waals surface area contributed by atoms with Crippen molar-refractivity contribution in [3.63, 3.8) is 0 Å². The zero-order valence-corrected chi connectivity index (χ0v) is 11.4. The molecule has 1 aromatic rings. The Morgan fingerprint density at radius 3 is 2.47 bits per heavy atom. The van der Waals surface area contributed by atoms with Gasteiger partial charge in [0.05, 0.1) is 5.69 Å². The maximum Gasteiger partial charge on any atom is 0.224 e. The molecule has 0 aliphatic carbocycles. The molecule has 1 rings (SSSR count). The molecule has 0 saturated carbocycles. The van der Waals surface area contributed by atoms with Gasteiger partial charge in [0.15, 0.2) is 0 Å². The van der Waals surface area contributed by atoms with Crippen LogP contribution in [-0.2, 0) is 9.59 Å². The SMILES string of the molecule is CC(=O)N(CCNC(=O)C(C)C)c1ccccc1F. The number of hydrogen-bond donors (Lipinski definition) is 1. The second-order valence-electron chi connectivity index (χ2n) is 4.57. The molecular formula is C14H19FN2O2. The standard InChI is InChI=1S/C14H19FN2O2/c1-10(2)14(19)16-8-9-17(11(3)18)13-7-5-4-6-12(13)15/h4-7,10H,8-9H2,1-3H3,(H,16,19). The Bertz CT molecular complexity index is 461. The van der Waals surface area contributed by atoms with E-state index in [0.717, 1.165) is 0 Å². The van der Waals surface area contributed by atoms with Crippen LogP contribution in [0.2, 0.25) is 0 Å². The van der Waals surface area contributed by atoms with Crippen molar-refractivity contribution in [2.45, 2.75) is 20.8 Å². The number of benzene rings is 1. The van der Waals surface area contributed by atoms with Crippen molar-refractivity contribution in [1.29, 1.82) is 0 Å². The van der Waals surface area contributed by atoms with Crippen molar-refractivity contribution in [3.8, 4) is 0 Å². The van der Waals surface area contributed by atoms with Gasteiger partial charge in [-0.05, 0) is 12.1 Å². The molecular weight excluding hydrogens is 247 g/mol. The van der Waals surface area contributed by atoms with Gasteiger partial charge in [0.25, 0.3) is 0 Å². The topological polar surface area (TPSA) is 49.4 Å². The molecule has 0 radical (unpaired) electrons. The second kappa shape index (κ2) is 6.87. The highest BCUT2D eigenvalue weighted by Crippen LogP contribution is 2.18. The molecule has 0 aliphatic rings. The summed E-state index contributed by atoms with van der Waals surface area (Å²) in [5, 5.41) is 2.70. The average molecular weight is 266 g/mol. The molecule has 0 aromatic heterocycles. The third-order valence-corrected chi connectivity index (χ3v) is 2.68. The number of halogens is 1. The Kier molecular flexibility index (Phi) is 5.48. The second-order valence-corrected chi connectivity index (χ2v) is 4.57. The predicted molar refractivity (Wildman–Crippen MR) is 72.3 cm³/mol. The summed E-state index contributed by atoms with van der Waals surface area (Å²) in [6.45, 7) is 5.49. The Morgan fingerprint density at radius 2 is 1.95 bits per heavy atom. The van der Waals surface area contributed by atoms with Crippen molar-refractivity contribution in [2.75, 3.05) is 18.0 Å². The number of amides is 2. The van der Waals surface area contributed by atoms with Crippen molar-refractivity contribution in [2.24, 2.45) is 5.92 Å². The van der Waals surface area contributed by atoms with Gasteiger partial charge in [-0.2, -0.15) is 0 Å². The summed E-state index contributed by atoms with van der Waals surface area (Å²) in [5.41, 5.74) is 0.230. The van der Waals surface area contributed by atoms with Crippen LogP contribution < -0.4 is 10.2 Å². The molecule has 0 unspecified atom stereocenters. The Morgan fingerprint density at radius 1 is 1.32 bits per heavy atom. The number of hydrogen-bond acceptors (Lipinski definition) is 2. The molecule has 19 heavy (non-hydrogen) atoms. The van der Waals surface area contributed by atoms with Gasteiger partial charge in [0.1, 0.15) is 5.82 Å². The Balaban J connectivity index is 2.68. The highest BCUT2D eigenvalue weighted by molar-refractivity contribution is 5.91. The van der Waals surface area contributed by atoms with Crippen LogP contribution in [0, 0.1) is 11.7 Å². The van der Waals surface area contributed by atoms with E-state index in [1.807, 2.05) is 0 Å². The van der Waals surface area contributed by atoms with Crippen LogP contribution in [0.5, 0.6) is 0 Å². The van der Waals surface area contributed by atoms with E-state index in [0.29, 0.717) is 6.54 Å². The highest BCUT2D eigenvalue weighted by atomic mass is 19.1. The molecule has 0 bridgehead atoms. The first-order valence-electron chi connectivity index (χ1n) is 6.23. The van der Waals surface area contributed by atoms with E-state index in [1.54, 1.807) is 32.0 Å². The van der Waals surface area contributed by atoms with Crippen LogP contribution in [-0.4, -0.2) is 24.9 Å². The van der Waals surface area contributed by atoms with E-state index in [-0.39, 0.29) is 30.0 Å². The largest absolute Gasteiger partial charge is 0.354 e. The fourth-order valence-corrected chi connectivity index (χ4v) is 1.61. The third kappa shape index (κ3) is 4.35. The average Bonchev–Trinajstić information content (AvgIpc) is 2.35. The van der Waals surface area contributed by atoms with Crippen LogP contribution >= 0.6 is 0 Å². The fourth-order valence-electron chi connectivity index (χ4n) is 1.61. The van der Waals surface area contributed by atoms with E-state index in [1.165, 1.54) is 17.9 Å². The maximum atomic E-state index is 13.6. The zero-order valence-electron chi connectivity index (χ0n) is 11.4. The summed E-state index contributed by atoms with van der Waals surface area (Å²) in [6.07, 6.45) is 0. The van der Waals surface area contributed by atoms with Crippen LogP contribution in [0.25, 0.3) is 0 Å². The Hall–Kier alpha value is -1.91. The molecule has 5 heteroatoms. The van der Waals surface area contributed by atoms with E-state index < -0.39 is 5.82 Å². The first kappa shape index (κ1) is 15.1. The lowest BCUT2D eigenvalue weighted by Gasteiger charge is -2.22. The molecule has 0 heterocycles. The molecule has 4 nitrogen and oxygen atoms in total. The van der Waals surface area contributed by atoms with Gasteiger partial charge in [0, 0.05) is 25.9 Å². The van der Waals surface area contributed by atoms with E-state index in [4.69, 9.17) is 0 Å². The maximum absolute atomic E-state index is 13.6. The summed E-state index contributed by atoms with van der Waals surface area (Å²) in [5.74, 6) is -0.909. The van der Waals surface area contributed by atoms with Crippen molar-refractivity contribution < 1.29 is 14.0 Å². The first-order chi connectivity index (χ1) is 8.93. The number of carbonyl (C=O) groups is 2. The van der Waals surface area contributed by atoms with Gasteiger partial charge in [-0.1, -0.05) is 26.0 Å². The van der Waals surface area contributed by atoms with Crippen molar-refractivity contribution in [3.05, 3.63) is 30.1 Å². The van der Waals surface area contributed by atoms with Gasteiger partial charge in [-0.3, -0.25) is 9.59 Å². The van der Waals surface area contributed by atoms with Gasteiger partial charge in [0.2, 0.25) is 11.8 Å². The minimum atomic E-state index is -0.451. The molecule has 0 atom stereocenters. The molecule has 1 N–H and O–H groups in total. The normalized spacial score (nSPS) is 10.4. The van der Waals surface area contributed by atoms with Crippen molar-refractivity contribution in [1.82, 2.24) is 5.32 Å². The van der Waals surface area contributed by atoms with Gasteiger partial charge in [-0.25, -0.2) is 4.39 Å². The minimum absolute atomic E-state index is 0.0861. The van der Waals surface area contributed by atoms with E-state index in [9.17, 15) is 14.0 Å². The summed E-state index contributed by atoms with van der Waals surface area (Å²) in [6, 6.07) is 6.08. The molecule has 2 amide bonds. The number of rotatable bonds is 5. The summed E-state index contributed by atoms with van der Waals surface area (Å²) in [7, 11) is 0. The molecule has 0 saturated heterocycles. The zero-order chi connectivity index (χ0) is 14.4.